The standard InChI is InChI=1S/C22H34O.C2H6/c1-15(23)18-10-11-19-17-9-8-16-7-5-4-6-13-21(16,2)20(17)12-14-22(18,19)3;1-2/h8,17-20H,4-7,9-14H2,1-3H3;1-2H3. The average molecular weight is 345 g/mol. The van der Waals surface area contributed by atoms with Crippen LogP contribution >= 0.6 is 0 Å². The van der Waals surface area contributed by atoms with Gasteiger partial charge >= 0.3 is 0 Å². The molecule has 0 heterocycles. The fourth-order valence-electron chi connectivity index (χ4n) is 7.54. The van der Waals surface area contributed by atoms with E-state index in [4.69, 9.17) is 0 Å². The van der Waals surface area contributed by atoms with Crippen LogP contribution in [0.3, 0.4) is 0 Å². The molecule has 0 bridgehead atoms. The molecule has 0 aromatic carbocycles. The predicted molar refractivity (Wildman–Crippen MR) is 106 cm³/mol. The van der Waals surface area contributed by atoms with Gasteiger partial charge in [-0.25, -0.2) is 0 Å². The van der Waals surface area contributed by atoms with Gasteiger partial charge in [0.25, 0.3) is 0 Å². The van der Waals surface area contributed by atoms with Gasteiger partial charge in [-0.15, -0.1) is 0 Å². The lowest BCUT2D eigenvalue weighted by atomic mass is 9.48. The summed E-state index contributed by atoms with van der Waals surface area (Å²) in [6.07, 6.45) is 16.1. The van der Waals surface area contributed by atoms with Crippen LogP contribution in [0.5, 0.6) is 0 Å². The van der Waals surface area contributed by atoms with E-state index in [0.29, 0.717) is 22.5 Å². The highest BCUT2D eigenvalue weighted by Gasteiger charge is 2.58. The first-order valence-electron chi connectivity index (χ1n) is 11.2. The van der Waals surface area contributed by atoms with Gasteiger partial charge in [-0.2, -0.15) is 0 Å². The lowest BCUT2D eigenvalue weighted by molar-refractivity contribution is -0.127. The lowest BCUT2D eigenvalue weighted by Gasteiger charge is -2.56. The monoisotopic (exact) mass is 344 g/mol. The number of carbonyl (C=O) groups is 1. The van der Waals surface area contributed by atoms with E-state index in [1.165, 1.54) is 57.8 Å². The summed E-state index contributed by atoms with van der Waals surface area (Å²) in [4.78, 5) is 12.2. The molecule has 25 heavy (non-hydrogen) atoms. The van der Waals surface area contributed by atoms with Gasteiger partial charge in [0.1, 0.15) is 5.78 Å². The van der Waals surface area contributed by atoms with Gasteiger partial charge in [-0.1, -0.05) is 52.2 Å². The quantitative estimate of drug-likeness (QED) is 0.470. The number of rotatable bonds is 1. The molecule has 0 spiro atoms. The maximum Gasteiger partial charge on any atom is 0.133 e. The van der Waals surface area contributed by atoms with Gasteiger partial charge in [0.15, 0.2) is 0 Å². The van der Waals surface area contributed by atoms with Crippen LogP contribution in [0.2, 0.25) is 0 Å². The molecule has 0 aromatic rings. The highest BCUT2D eigenvalue weighted by atomic mass is 16.1. The second-order valence-corrected chi connectivity index (χ2v) is 9.61. The van der Waals surface area contributed by atoms with E-state index >= 15 is 0 Å². The van der Waals surface area contributed by atoms with Crippen molar-refractivity contribution in [1.29, 1.82) is 0 Å². The van der Waals surface area contributed by atoms with Crippen molar-refractivity contribution >= 4 is 5.78 Å². The molecular formula is C24H40O. The van der Waals surface area contributed by atoms with Crippen LogP contribution < -0.4 is 0 Å². The summed E-state index contributed by atoms with van der Waals surface area (Å²) in [5, 5.41) is 0. The van der Waals surface area contributed by atoms with Crippen LogP contribution in [0, 0.1) is 34.5 Å². The summed E-state index contributed by atoms with van der Waals surface area (Å²) in [6.45, 7) is 10.9. The molecule has 4 aliphatic carbocycles. The number of fused-ring (bicyclic) bond motifs is 5. The Balaban J connectivity index is 0.000000880. The Morgan fingerprint density at radius 1 is 1.00 bits per heavy atom. The Morgan fingerprint density at radius 2 is 1.76 bits per heavy atom. The number of allylic oxidation sites excluding steroid dienone is 2. The number of hydrogen-bond acceptors (Lipinski definition) is 1. The summed E-state index contributed by atoms with van der Waals surface area (Å²) in [6, 6.07) is 0. The Kier molecular flexibility index (Phi) is 5.52. The van der Waals surface area contributed by atoms with Gasteiger partial charge in [0.2, 0.25) is 0 Å². The molecule has 0 aliphatic heterocycles. The molecule has 3 fully saturated rings. The highest BCUT2D eigenvalue weighted by Crippen LogP contribution is 2.65. The first-order chi connectivity index (χ1) is 12.0. The molecule has 6 unspecified atom stereocenters. The largest absolute Gasteiger partial charge is 0.300 e. The molecule has 3 saturated carbocycles. The Bertz CT molecular complexity index is 532. The summed E-state index contributed by atoms with van der Waals surface area (Å²) >= 11 is 0. The average Bonchev–Trinajstić information content (AvgIpc) is 2.83. The third-order valence-corrected chi connectivity index (χ3v) is 8.76. The molecule has 0 N–H and O–H groups in total. The normalized spacial score (nSPS) is 45.7. The molecule has 142 valence electrons. The summed E-state index contributed by atoms with van der Waals surface area (Å²) in [5.41, 5.74) is 2.59. The summed E-state index contributed by atoms with van der Waals surface area (Å²) in [5.74, 6) is 3.35. The molecule has 1 heteroatoms. The molecule has 1 nitrogen and oxygen atoms in total. The van der Waals surface area contributed by atoms with E-state index < -0.39 is 0 Å². The van der Waals surface area contributed by atoms with Crippen LogP contribution in [0.1, 0.15) is 98.8 Å². The van der Waals surface area contributed by atoms with Crippen molar-refractivity contribution in [3.05, 3.63) is 11.6 Å². The predicted octanol–water partition coefficient (Wildman–Crippen LogP) is 6.96. The van der Waals surface area contributed by atoms with Crippen molar-refractivity contribution < 1.29 is 4.79 Å². The number of hydrogen-bond donors (Lipinski definition) is 0. The van der Waals surface area contributed by atoms with Crippen LogP contribution in [-0.2, 0) is 4.79 Å². The van der Waals surface area contributed by atoms with Crippen molar-refractivity contribution in [2.24, 2.45) is 34.5 Å². The molecule has 0 radical (unpaired) electrons. The zero-order chi connectivity index (χ0) is 18.2. The van der Waals surface area contributed by atoms with Gasteiger partial charge in [0.05, 0.1) is 0 Å². The van der Waals surface area contributed by atoms with Gasteiger partial charge in [-0.3, -0.25) is 4.79 Å². The van der Waals surface area contributed by atoms with E-state index in [1.54, 1.807) is 5.57 Å². The summed E-state index contributed by atoms with van der Waals surface area (Å²) < 4.78 is 0. The smallest absolute Gasteiger partial charge is 0.133 e. The van der Waals surface area contributed by atoms with Crippen molar-refractivity contribution in [1.82, 2.24) is 0 Å². The zero-order valence-electron chi connectivity index (χ0n) is 17.4. The third kappa shape index (κ3) is 2.94. The van der Waals surface area contributed by atoms with Gasteiger partial charge in [0, 0.05) is 5.92 Å². The Labute approximate surface area is 156 Å². The first-order valence-corrected chi connectivity index (χ1v) is 11.2. The van der Waals surface area contributed by atoms with Crippen molar-refractivity contribution in [2.45, 2.75) is 98.8 Å². The molecule has 0 amide bonds. The topological polar surface area (TPSA) is 17.1 Å². The SMILES string of the molecule is CC.CC(=O)C1CCC2C3CC=C4CCCCCC4(C)C3CCC12C. The first kappa shape index (κ1) is 19.2. The number of ketones is 1. The minimum absolute atomic E-state index is 0.305. The van der Waals surface area contributed by atoms with Crippen LogP contribution in [0.15, 0.2) is 11.6 Å². The molecule has 4 aliphatic rings. The maximum atomic E-state index is 12.2. The highest BCUT2D eigenvalue weighted by molar-refractivity contribution is 5.79. The second kappa shape index (κ2) is 7.20. The maximum absolute atomic E-state index is 12.2. The Hall–Kier alpha value is -0.590. The number of Topliss-reactive ketones (excluding diaryl/α,β-unsaturated/α-hetero) is 1. The van der Waals surface area contributed by atoms with E-state index in [1.807, 2.05) is 20.8 Å². The lowest BCUT2D eigenvalue weighted by Crippen LogP contribution is -2.49. The zero-order valence-corrected chi connectivity index (χ0v) is 17.4. The van der Waals surface area contributed by atoms with Gasteiger partial charge < -0.3 is 0 Å². The summed E-state index contributed by atoms with van der Waals surface area (Å²) in [7, 11) is 0. The van der Waals surface area contributed by atoms with E-state index in [2.05, 4.69) is 19.9 Å². The van der Waals surface area contributed by atoms with Crippen LogP contribution in [-0.4, -0.2) is 5.78 Å². The molecular weight excluding hydrogens is 304 g/mol. The fraction of sp³-hybridized carbons (Fsp3) is 0.875. The molecule has 0 aromatic heterocycles. The minimum atomic E-state index is 0.305. The molecule has 6 atom stereocenters. The Morgan fingerprint density at radius 3 is 2.48 bits per heavy atom. The molecule has 0 saturated heterocycles. The number of carbonyl (C=O) groups excluding carboxylic acids is 1. The third-order valence-electron chi connectivity index (χ3n) is 8.76. The van der Waals surface area contributed by atoms with E-state index in [0.717, 1.165) is 24.2 Å². The second-order valence-electron chi connectivity index (χ2n) is 9.61. The van der Waals surface area contributed by atoms with E-state index in [-0.39, 0.29) is 0 Å². The van der Waals surface area contributed by atoms with Crippen molar-refractivity contribution in [3.8, 4) is 0 Å². The van der Waals surface area contributed by atoms with Crippen molar-refractivity contribution in [2.75, 3.05) is 0 Å². The minimum Gasteiger partial charge on any atom is -0.300 e. The van der Waals surface area contributed by atoms with Gasteiger partial charge in [-0.05, 0) is 86.9 Å². The van der Waals surface area contributed by atoms with Crippen LogP contribution in [0.4, 0.5) is 0 Å². The molecule has 4 rings (SSSR count). The van der Waals surface area contributed by atoms with E-state index in [9.17, 15) is 4.79 Å². The van der Waals surface area contributed by atoms with Crippen molar-refractivity contribution in [3.63, 3.8) is 0 Å². The fourth-order valence-corrected chi connectivity index (χ4v) is 7.54. The van der Waals surface area contributed by atoms with Crippen LogP contribution in [0.25, 0.3) is 0 Å².